The van der Waals surface area contributed by atoms with Crippen LogP contribution in [0.4, 0.5) is 5.00 Å². The molecule has 1 saturated carbocycles. The van der Waals surface area contributed by atoms with Gasteiger partial charge in [-0.05, 0) is 96.6 Å². The minimum atomic E-state index is -0.315. The molecule has 0 radical (unpaired) electrons. The molecule has 1 fully saturated rings. The van der Waals surface area contributed by atoms with E-state index in [0.717, 1.165) is 49.0 Å². The van der Waals surface area contributed by atoms with Gasteiger partial charge in [0.2, 0.25) is 5.91 Å². The smallest absolute Gasteiger partial charge is 0.341 e. The van der Waals surface area contributed by atoms with Crippen LogP contribution < -0.4 is 10.1 Å². The van der Waals surface area contributed by atoms with Gasteiger partial charge in [-0.15, -0.1) is 11.3 Å². The highest BCUT2D eigenvalue weighted by Gasteiger charge is 2.55. The van der Waals surface area contributed by atoms with E-state index in [1.807, 2.05) is 37.3 Å². The summed E-state index contributed by atoms with van der Waals surface area (Å²) in [5.41, 5.74) is 5.50. The first-order chi connectivity index (χ1) is 18.4. The summed E-state index contributed by atoms with van der Waals surface area (Å²) in [5.74, 6) is 2.14. The average Bonchev–Trinajstić information content (AvgIpc) is 3.42. The third-order valence-electron chi connectivity index (χ3n) is 9.22. The number of methoxy groups -OCH3 is 1. The second-order valence-electron chi connectivity index (χ2n) is 11.2. The highest BCUT2D eigenvalue weighted by atomic mass is 32.1. The van der Waals surface area contributed by atoms with Crippen molar-refractivity contribution in [2.75, 3.05) is 19.0 Å². The number of hydrogen-bond donors (Lipinski definition) is 1. The number of ether oxygens (including phenoxy) is 2. The van der Waals surface area contributed by atoms with E-state index in [0.29, 0.717) is 34.9 Å². The molecule has 0 saturated heterocycles. The summed E-state index contributed by atoms with van der Waals surface area (Å²) < 4.78 is 11.0. The Labute approximate surface area is 228 Å². The fourth-order valence-electron chi connectivity index (χ4n) is 7.56. The Balaban J connectivity index is 1.31. The van der Waals surface area contributed by atoms with Crippen molar-refractivity contribution in [3.63, 3.8) is 0 Å². The van der Waals surface area contributed by atoms with E-state index < -0.39 is 0 Å². The number of anilines is 1. The summed E-state index contributed by atoms with van der Waals surface area (Å²) in [6.45, 7) is 4.50. The number of thiophene rings is 1. The van der Waals surface area contributed by atoms with E-state index in [1.165, 1.54) is 16.0 Å². The van der Waals surface area contributed by atoms with Gasteiger partial charge in [-0.1, -0.05) is 43.3 Å². The van der Waals surface area contributed by atoms with Crippen molar-refractivity contribution in [2.45, 2.75) is 63.7 Å². The van der Waals surface area contributed by atoms with Crippen LogP contribution in [0, 0.1) is 11.8 Å². The molecule has 6 heteroatoms. The van der Waals surface area contributed by atoms with Crippen molar-refractivity contribution in [2.24, 2.45) is 11.8 Å². The largest absolute Gasteiger partial charge is 0.497 e. The molecule has 3 aliphatic carbocycles. The highest BCUT2D eigenvalue weighted by Crippen LogP contribution is 2.63. The lowest BCUT2D eigenvalue weighted by Crippen LogP contribution is -2.43. The van der Waals surface area contributed by atoms with Crippen molar-refractivity contribution in [1.29, 1.82) is 0 Å². The maximum absolute atomic E-state index is 13.4. The maximum Gasteiger partial charge on any atom is 0.341 e. The molecule has 5 nitrogen and oxygen atoms in total. The standard InChI is InChI=1S/C32H35NO4S/c1-4-37-31(35)28-29-26(38-30(28)33-27(34)16-19-8-6-5-7-9-19)18-25-24-12-10-20-17-21(36-3)11-13-22(20)23(24)14-15-32(25,29)2/h5-9,11,13,17,23-25H,4,10,12,14-16,18H2,1-3H3,(H,33,34). The number of esters is 1. The second-order valence-corrected chi connectivity index (χ2v) is 12.3. The van der Waals surface area contributed by atoms with Gasteiger partial charge >= 0.3 is 5.97 Å². The van der Waals surface area contributed by atoms with Gasteiger partial charge in [0.15, 0.2) is 0 Å². The summed E-state index contributed by atoms with van der Waals surface area (Å²) >= 11 is 1.59. The molecule has 1 N–H and O–H groups in total. The monoisotopic (exact) mass is 529 g/mol. The minimum absolute atomic E-state index is 0.0958. The summed E-state index contributed by atoms with van der Waals surface area (Å²) in [4.78, 5) is 27.6. The molecule has 2 aromatic carbocycles. The summed E-state index contributed by atoms with van der Waals surface area (Å²) in [5, 5.41) is 3.74. The summed E-state index contributed by atoms with van der Waals surface area (Å²) in [7, 11) is 1.73. The SMILES string of the molecule is CCOC(=O)c1c(NC(=O)Cc2ccccc2)sc2c1C1(C)CCC3c4ccc(OC)cc4CCC3C1C2. The quantitative estimate of drug-likeness (QED) is 0.362. The zero-order valence-corrected chi connectivity index (χ0v) is 23.2. The summed E-state index contributed by atoms with van der Waals surface area (Å²) in [6.07, 6.45) is 5.60. The van der Waals surface area contributed by atoms with Crippen LogP contribution in [-0.2, 0) is 34.2 Å². The number of rotatable bonds is 6. The Kier molecular flexibility index (Phi) is 6.55. The van der Waals surface area contributed by atoms with Gasteiger partial charge in [0.25, 0.3) is 0 Å². The lowest BCUT2D eigenvalue weighted by Gasteiger charge is -2.49. The lowest BCUT2D eigenvalue weighted by atomic mass is 9.54. The third kappa shape index (κ3) is 4.14. The molecule has 6 rings (SSSR count). The lowest BCUT2D eigenvalue weighted by molar-refractivity contribution is -0.115. The number of carbonyl (C=O) groups excluding carboxylic acids is 2. The molecule has 4 unspecified atom stereocenters. The van der Waals surface area contributed by atoms with E-state index in [-0.39, 0.29) is 23.7 Å². The predicted octanol–water partition coefficient (Wildman–Crippen LogP) is 6.68. The molecule has 0 bridgehead atoms. The van der Waals surface area contributed by atoms with Crippen LogP contribution in [0.5, 0.6) is 5.75 Å². The fraction of sp³-hybridized carbons (Fsp3) is 0.438. The van der Waals surface area contributed by atoms with Gasteiger partial charge in [0.1, 0.15) is 10.8 Å². The van der Waals surface area contributed by atoms with Gasteiger partial charge in [-0.2, -0.15) is 0 Å². The first kappa shape index (κ1) is 25.2. The summed E-state index contributed by atoms with van der Waals surface area (Å²) in [6, 6.07) is 16.3. The van der Waals surface area contributed by atoms with Crippen LogP contribution in [0.3, 0.4) is 0 Å². The first-order valence-corrected chi connectivity index (χ1v) is 14.6. The Morgan fingerprint density at radius 2 is 1.95 bits per heavy atom. The van der Waals surface area contributed by atoms with Crippen LogP contribution in [0.1, 0.15) is 76.5 Å². The van der Waals surface area contributed by atoms with E-state index in [9.17, 15) is 9.59 Å². The van der Waals surface area contributed by atoms with Crippen molar-refractivity contribution in [3.8, 4) is 5.75 Å². The van der Waals surface area contributed by atoms with Gasteiger partial charge in [0.05, 0.1) is 25.7 Å². The van der Waals surface area contributed by atoms with Crippen molar-refractivity contribution in [1.82, 2.24) is 0 Å². The first-order valence-electron chi connectivity index (χ1n) is 13.8. The molecule has 0 aliphatic heterocycles. The highest BCUT2D eigenvalue weighted by molar-refractivity contribution is 7.17. The van der Waals surface area contributed by atoms with Gasteiger partial charge in [-0.3, -0.25) is 4.79 Å². The molecule has 3 aromatic rings. The number of aryl methyl sites for hydroxylation is 1. The van der Waals surface area contributed by atoms with Crippen LogP contribution in [0.15, 0.2) is 48.5 Å². The van der Waals surface area contributed by atoms with E-state index in [2.05, 4.69) is 30.4 Å². The van der Waals surface area contributed by atoms with Crippen LogP contribution in [0.25, 0.3) is 0 Å². The maximum atomic E-state index is 13.4. The molecule has 0 spiro atoms. The average molecular weight is 530 g/mol. The van der Waals surface area contributed by atoms with Crippen LogP contribution in [0.2, 0.25) is 0 Å². The topological polar surface area (TPSA) is 64.6 Å². The molecule has 4 atom stereocenters. The molecule has 1 heterocycles. The number of amides is 1. The Morgan fingerprint density at radius 1 is 1.13 bits per heavy atom. The van der Waals surface area contributed by atoms with E-state index in [1.54, 1.807) is 18.4 Å². The Bertz CT molecular complexity index is 1380. The predicted molar refractivity (Wildman–Crippen MR) is 150 cm³/mol. The third-order valence-corrected chi connectivity index (χ3v) is 10.3. The number of benzene rings is 2. The van der Waals surface area contributed by atoms with Crippen LogP contribution in [-0.4, -0.2) is 25.6 Å². The normalized spacial score (nSPS) is 25.0. The van der Waals surface area contributed by atoms with E-state index >= 15 is 0 Å². The number of nitrogens with one attached hydrogen (secondary N) is 1. The number of carbonyl (C=O) groups is 2. The Morgan fingerprint density at radius 3 is 2.71 bits per heavy atom. The molecule has 1 amide bonds. The number of hydrogen-bond acceptors (Lipinski definition) is 5. The van der Waals surface area contributed by atoms with Crippen molar-refractivity contribution >= 4 is 28.2 Å². The second kappa shape index (κ2) is 9.88. The van der Waals surface area contributed by atoms with Gasteiger partial charge in [0, 0.05) is 4.88 Å². The van der Waals surface area contributed by atoms with Crippen LogP contribution >= 0.6 is 11.3 Å². The van der Waals surface area contributed by atoms with E-state index in [4.69, 9.17) is 9.47 Å². The molecular weight excluding hydrogens is 494 g/mol. The zero-order valence-electron chi connectivity index (χ0n) is 22.3. The van der Waals surface area contributed by atoms with Gasteiger partial charge < -0.3 is 14.8 Å². The fourth-order valence-corrected chi connectivity index (χ4v) is 8.96. The molecule has 38 heavy (non-hydrogen) atoms. The minimum Gasteiger partial charge on any atom is -0.497 e. The zero-order chi connectivity index (χ0) is 26.4. The molecule has 198 valence electrons. The molecule has 3 aliphatic rings. The van der Waals surface area contributed by atoms with Crippen molar-refractivity contribution < 1.29 is 19.1 Å². The molecular formula is C32H35NO4S. The Hall–Kier alpha value is -3.12. The molecule has 1 aromatic heterocycles. The number of fused-ring (bicyclic) bond motifs is 7. The van der Waals surface area contributed by atoms with Crippen molar-refractivity contribution in [3.05, 3.63) is 81.2 Å². The van der Waals surface area contributed by atoms with Gasteiger partial charge in [-0.25, -0.2) is 4.79 Å².